The number of nitrogens with zero attached hydrogens (tertiary/aromatic N) is 5. The zero-order valence-electron chi connectivity index (χ0n) is 20.9. The molecule has 2 N–H and O–H groups in total. The van der Waals surface area contributed by atoms with Gasteiger partial charge in [0.1, 0.15) is 11.3 Å². The normalized spacial score (nSPS) is 18.0. The third-order valence-corrected chi connectivity index (χ3v) is 7.38. The molecule has 6 rings (SSSR count). The summed E-state index contributed by atoms with van der Waals surface area (Å²) in [7, 11) is 0. The average Bonchev–Trinajstić information content (AvgIpc) is 3.57. The first-order chi connectivity index (χ1) is 18.0. The topological polar surface area (TPSA) is 110 Å². The van der Waals surface area contributed by atoms with E-state index in [1.165, 1.54) is 0 Å². The van der Waals surface area contributed by atoms with E-state index in [9.17, 15) is 9.59 Å². The quantitative estimate of drug-likeness (QED) is 0.374. The molecule has 4 aromatic heterocycles. The number of rotatable bonds is 5. The highest BCUT2D eigenvalue weighted by atomic mass is 16.2. The van der Waals surface area contributed by atoms with Gasteiger partial charge in [0.25, 0.3) is 11.5 Å². The molecule has 0 atom stereocenters. The highest BCUT2D eigenvalue weighted by Gasteiger charge is 2.27. The van der Waals surface area contributed by atoms with Crippen molar-refractivity contribution < 1.29 is 4.79 Å². The van der Waals surface area contributed by atoms with Crippen LogP contribution in [0.5, 0.6) is 0 Å². The highest BCUT2D eigenvalue weighted by molar-refractivity contribution is 5.93. The van der Waals surface area contributed by atoms with Gasteiger partial charge in [0, 0.05) is 41.3 Å². The number of pyridine rings is 1. The van der Waals surface area contributed by atoms with Crippen LogP contribution in [0.3, 0.4) is 0 Å². The second-order valence-corrected chi connectivity index (χ2v) is 10.1. The van der Waals surface area contributed by atoms with E-state index in [1.807, 2.05) is 64.1 Å². The van der Waals surface area contributed by atoms with Gasteiger partial charge in [-0.05, 0) is 63.3 Å². The molecule has 9 heteroatoms. The van der Waals surface area contributed by atoms with E-state index in [2.05, 4.69) is 39.4 Å². The Balaban J connectivity index is 1.14. The van der Waals surface area contributed by atoms with Crippen LogP contribution in [-0.4, -0.2) is 41.3 Å². The number of hydrogen-bond donors (Lipinski definition) is 2. The Bertz CT molecular complexity index is 1650. The van der Waals surface area contributed by atoms with Crippen molar-refractivity contribution in [3.8, 4) is 11.1 Å². The van der Waals surface area contributed by atoms with Crippen LogP contribution in [0.1, 0.15) is 67.7 Å². The van der Waals surface area contributed by atoms with Crippen LogP contribution in [0, 0.1) is 0 Å². The monoisotopic (exact) mass is 495 g/mol. The molecule has 37 heavy (non-hydrogen) atoms. The molecule has 1 fully saturated rings. The number of nitrogens with one attached hydrogen (secondary N) is 2. The van der Waals surface area contributed by atoms with Gasteiger partial charge in [-0.1, -0.05) is 18.2 Å². The molecule has 1 saturated carbocycles. The third kappa shape index (κ3) is 4.30. The summed E-state index contributed by atoms with van der Waals surface area (Å²) < 4.78 is 3.75. The molecule has 1 aromatic carbocycles. The second kappa shape index (κ2) is 9.31. The summed E-state index contributed by atoms with van der Waals surface area (Å²) in [5.41, 5.74) is 4.06. The summed E-state index contributed by atoms with van der Waals surface area (Å²) in [6, 6.07) is 12.0. The van der Waals surface area contributed by atoms with Crippen molar-refractivity contribution in [2.75, 3.05) is 0 Å². The van der Waals surface area contributed by atoms with Crippen molar-refractivity contribution in [1.82, 2.24) is 34.7 Å². The largest absolute Gasteiger partial charge is 0.348 e. The Morgan fingerprint density at radius 3 is 2.59 bits per heavy atom. The Kier molecular flexibility index (Phi) is 5.82. The van der Waals surface area contributed by atoms with Gasteiger partial charge < -0.3 is 5.32 Å². The molecular formula is C28H29N7O2. The van der Waals surface area contributed by atoms with E-state index in [1.54, 1.807) is 6.20 Å². The number of fused-ring (bicyclic) bond motifs is 2. The SMILES string of the molecule is CC(C)n1cc(-c2ccn3c(C(=O)N[C@H]4CC[C@H](c5n[nH]c(=O)c6ccccc65)CC4)cnc3c2)cn1. The number of hydrogen-bond acceptors (Lipinski definition) is 5. The zero-order valence-corrected chi connectivity index (χ0v) is 20.9. The van der Waals surface area contributed by atoms with E-state index in [0.29, 0.717) is 17.1 Å². The van der Waals surface area contributed by atoms with Gasteiger partial charge in [-0.2, -0.15) is 10.2 Å². The fourth-order valence-electron chi connectivity index (χ4n) is 5.32. The van der Waals surface area contributed by atoms with Crippen molar-refractivity contribution in [3.63, 3.8) is 0 Å². The number of aromatic nitrogens is 6. The van der Waals surface area contributed by atoms with Gasteiger partial charge in [0.05, 0.1) is 23.5 Å². The summed E-state index contributed by atoms with van der Waals surface area (Å²) in [6.45, 7) is 4.18. The lowest BCUT2D eigenvalue weighted by Gasteiger charge is -2.29. The molecule has 0 spiro atoms. The number of imidazole rings is 1. The number of carbonyl (C=O) groups is 1. The number of carbonyl (C=O) groups excluding carboxylic acids is 1. The lowest BCUT2D eigenvalue weighted by molar-refractivity contribution is 0.0919. The lowest BCUT2D eigenvalue weighted by Crippen LogP contribution is -2.38. The maximum Gasteiger partial charge on any atom is 0.272 e. The Morgan fingerprint density at radius 2 is 1.84 bits per heavy atom. The van der Waals surface area contributed by atoms with E-state index in [4.69, 9.17) is 0 Å². The van der Waals surface area contributed by atoms with Crippen molar-refractivity contribution in [2.24, 2.45) is 0 Å². The summed E-state index contributed by atoms with van der Waals surface area (Å²) >= 11 is 0. The number of amides is 1. The molecule has 1 aliphatic carbocycles. The van der Waals surface area contributed by atoms with Crippen molar-refractivity contribution in [2.45, 2.75) is 57.5 Å². The summed E-state index contributed by atoms with van der Waals surface area (Å²) in [4.78, 5) is 29.8. The fourth-order valence-corrected chi connectivity index (χ4v) is 5.32. The zero-order chi connectivity index (χ0) is 25.5. The van der Waals surface area contributed by atoms with Gasteiger partial charge in [0.2, 0.25) is 0 Å². The maximum absolute atomic E-state index is 13.1. The van der Waals surface area contributed by atoms with Crippen LogP contribution >= 0.6 is 0 Å². The molecule has 5 aromatic rings. The van der Waals surface area contributed by atoms with Crippen LogP contribution in [0.4, 0.5) is 0 Å². The van der Waals surface area contributed by atoms with Gasteiger partial charge in [-0.25, -0.2) is 10.1 Å². The van der Waals surface area contributed by atoms with Crippen molar-refractivity contribution in [3.05, 3.63) is 82.9 Å². The highest BCUT2D eigenvalue weighted by Crippen LogP contribution is 2.34. The summed E-state index contributed by atoms with van der Waals surface area (Å²) in [5, 5.41) is 16.3. The molecule has 1 aliphatic rings. The number of benzene rings is 1. The van der Waals surface area contributed by atoms with E-state index >= 15 is 0 Å². The molecule has 4 heterocycles. The van der Waals surface area contributed by atoms with Gasteiger partial charge >= 0.3 is 0 Å². The lowest BCUT2D eigenvalue weighted by atomic mass is 9.82. The molecule has 9 nitrogen and oxygen atoms in total. The Morgan fingerprint density at radius 1 is 1.05 bits per heavy atom. The van der Waals surface area contributed by atoms with Crippen molar-refractivity contribution >= 4 is 22.3 Å². The fraction of sp³-hybridized carbons (Fsp3) is 0.321. The Labute approximate surface area is 213 Å². The van der Waals surface area contributed by atoms with Crippen molar-refractivity contribution in [1.29, 1.82) is 0 Å². The molecule has 0 radical (unpaired) electrons. The molecule has 0 aliphatic heterocycles. The number of H-pyrrole nitrogens is 1. The molecule has 0 unspecified atom stereocenters. The second-order valence-electron chi connectivity index (χ2n) is 10.1. The molecule has 0 saturated heterocycles. The maximum atomic E-state index is 13.1. The summed E-state index contributed by atoms with van der Waals surface area (Å²) in [5.74, 6) is 0.133. The molecular weight excluding hydrogens is 466 g/mol. The predicted octanol–water partition coefficient (Wildman–Crippen LogP) is 4.47. The van der Waals surface area contributed by atoms with Crippen LogP contribution in [0.15, 0.2) is 66.0 Å². The van der Waals surface area contributed by atoms with Crippen LogP contribution in [0.2, 0.25) is 0 Å². The third-order valence-electron chi connectivity index (χ3n) is 7.38. The Hall–Kier alpha value is -4.27. The standard InChI is InChI=1S/C28H29N7O2/c1-17(2)35-16-20(14-30-35)19-11-12-34-24(15-29-25(34)13-19)28(37)31-21-9-7-18(8-10-21)26-22-5-3-4-6-23(22)27(36)33-32-26/h3-6,11-18,21H,7-10H2,1-2H3,(H,31,37)(H,33,36)/t18-,21-. The first kappa shape index (κ1) is 23.1. The summed E-state index contributed by atoms with van der Waals surface area (Å²) in [6.07, 6.45) is 10.9. The minimum atomic E-state index is -0.161. The smallest absolute Gasteiger partial charge is 0.272 e. The number of aromatic amines is 1. The van der Waals surface area contributed by atoms with Gasteiger partial charge in [0.15, 0.2) is 0 Å². The predicted molar refractivity (Wildman–Crippen MR) is 142 cm³/mol. The van der Waals surface area contributed by atoms with Crippen LogP contribution in [0.25, 0.3) is 27.5 Å². The van der Waals surface area contributed by atoms with E-state index < -0.39 is 0 Å². The van der Waals surface area contributed by atoms with E-state index in [-0.39, 0.29) is 23.4 Å². The van der Waals surface area contributed by atoms with Gasteiger partial charge in [-0.3, -0.25) is 18.7 Å². The first-order valence-electron chi connectivity index (χ1n) is 12.8. The minimum Gasteiger partial charge on any atom is -0.348 e. The van der Waals surface area contributed by atoms with Gasteiger partial charge in [-0.15, -0.1) is 0 Å². The molecule has 188 valence electrons. The van der Waals surface area contributed by atoms with Crippen LogP contribution in [-0.2, 0) is 0 Å². The van der Waals surface area contributed by atoms with E-state index in [0.717, 1.165) is 53.5 Å². The minimum absolute atomic E-state index is 0.0875. The molecule has 1 amide bonds. The average molecular weight is 496 g/mol. The van der Waals surface area contributed by atoms with Crippen LogP contribution < -0.4 is 10.9 Å². The molecule has 0 bridgehead atoms. The first-order valence-corrected chi connectivity index (χ1v) is 12.8.